The minimum atomic E-state index is -4.98. The van der Waals surface area contributed by atoms with Gasteiger partial charge in [-0.3, -0.25) is 9.59 Å². The SMILES string of the molecule is CCC(C(=O)Cc1ccc(C(=O)O)cc1)n1cc(OC)c(-c2cc(Cl)ccc2OC(F)(F)F)cc1=O. The summed E-state index contributed by atoms with van der Waals surface area (Å²) in [7, 11) is 1.27. The van der Waals surface area contributed by atoms with Crippen LogP contribution in [-0.4, -0.2) is 34.9 Å². The van der Waals surface area contributed by atoms with Crippen LogP contribution in [0.3, 0.4) is 0 Å². The number of hydrogen-bond acceptors (Lipinski definition) is 5. The molecule has 0 aliphatic rings. The van der Waals surface area contributed by atoms with Crippen molar-refractivity contribution >= 4 is 23.4 Å². The van der Waals surface area contributed by atoms with E-state index in [-0.39, 0.29) is 46.1 Å². The number of aromatic nitrogens is 1. The van der Waals surface area contributed by atoms with Gasteiger partial charge in [0, 0.05) is 28.6 Å². The average molecular weight is 524 g/mol. The van der Waals surface area contributed by atoms with E-state index in [1.54, 1.807) is 6.92 Å². The summed E-state index contributed by atoms with van der Waals surface area (Å²) in [5, 5.41) is 9.13. The van der Waals surface area contributed by atoms with Crippen LogP contribution in [-0.2, 0) is 11.2 Å². The van der Waals surface area contributed by atoms with Crippen LogP contribution in [0.1, 0.15) is 35.3 Å². The van der Waals surface area contributed by atoms with Crippen molar-refractivity contribution in [3.63, 3.8) is 0 Å². The molecule has 1 aromatic heterocycles. The molecule has 0 saturated carbocycles. The number of nitrogens with zero attached hydrogens (tertiary/aromatic N) is 1. The number of methoxy groups -OCH3 is 1. The van der Waals surface area contributed by atoms with Gasteiger partial charge in [0.05, 0.1) is 24.9 Å². The minimum Gasteiger partial charge on any atom is -0.495 e. The van der Waals surface area contributed by atoms with Crippen molar-refractivity contribution < 1.29 is 37.3 Å². The van der Waals surface area contributed by atoms with E-state index in [4.69, 9.17) is 21.4 Å². The number of carboxylic acids is 1. The predicted octanol–water partition coefficient (Wildman–Crippen LogP) is 5.54. The third kappa shape index (κ3) is 6.25. The van der Waals surface area contributed by atoms with E-state index < -0.39 is 29.7 Å². The molecular formula is C25H21ClF3NO6. The number of carboxylic acid groups (broad SMARTS) is 1. The van der Waals surface area contributed by atoms with Gasteiger partial charge in [0.25, 0.3) is 5.56 Å². The van der Waals surface area contributed by atoms with Gasteiger partial charge in [0.2, 0.25) is 0 Å². The number of hydrogen-bond donors (Lipinski definition) is 1. The van der Waals surface area contributed by atoms with Crippen molar-refractivity contribution in [3.8, 4) is 22.6 Å². The second-order valence-electron chi connectivity index (χ2n) is 7.76. The summed E-state index contributed by atoms with van der Waals surface area (Å²) in [5.74, 6) is -1.96. The number of ketones is 1. The van der Waals surface area contributed by atoms with Gasteiger partial charge in [-0.05, 0) is 42.3 Å². The van der Waals surface area contributed by atoms with Crippen LogP contribution in [0.2, 0.25) is 5.02 Å². The van der Waals surface area contributed by atoms with Crippen molar-refractivity contribution in [2.45, 2.75) is 32.2 Å². The monoisotopic (exact) mass is 523 g/mol. The second-order valence-corrected chi connectivity index (χ2v) is 8.19. The number of pyridine rings is 1. The number of carbonyl (C=O) groups excluding carboxylic acids is 1. The minimum absolute atomic E-state index is 0.00654. The van der Waals surface area contributed by atoms with Crippen molar-refractivity contribution in [2.75, 3.05) is 7.11 Å². The Morgan fingerprint density at radius 1 is 1.06 bits per heavy atom. The van der Waals surface area contributed by atoms with Crippen LogP contribution < -0.4 is 15.0 Å². The van der Waals surface area contributed by atoms with E-state index in [1.165, 1.54) is 49.7 Å². The first-order chi connectivity index (χ1) is 16.9. The number of ether oxygens (including phenoxy) is 2. The molecule has 0 aliphatic heterocycles. The maximum absolute atomic E-state index is 13.0. The van der Waals surface area contributed by atoms with E-state index in [1.807, 2.05) is 0 Å². The van der Waals surface area contributed by atoms with Crippen LogP contribution in [0.15, 0.2) is 59.5 Å². The van der Waals surface area contributed by atoms with Crippen LogP contribution in [0, 0.1) is 0 Å². The van der Waals surface area contributed by atoms with Crippen LogP contribution in [0.5, 0.6) is 11.5 Å². The molecule has 0 spiro atoms. The van der Waals surface area contributed by atoms with Crippen molar-refractivity contribution in [3.05, 3.63) is 81.2 Å². The van der Waals surface area contributed by atoms with Gasteiger partial charge in [0.1, 0.15) is 11.5 Å². The van der Waals surface area contributed by atoms with Gasteiger partial charge < -0.3 is 19.1 Å². The molecule has 1 atom stereocenters. The Morgan fingerprint density at radius 2 is 1.69 bits per heavy atom. The smallest absolute Gasteiger partial charge is 0.495 e. The van der Waals surface area contributed by atoms with Gasteiger partial charge in [-0.25, -0.2) is 4.79 Å². The third-order valence-electron chi connectivity index (χ3n) is 5.39. The molecule has 0 saturated heterocycles. The van der Waals surface area contributed by atoms with E-state index in [0.717, 1.165) is 16.7 Å². The molecule has 11 heteroatoms. The zero-order valence-electron chi connectivity index (χ0n) is 19.1. The van der Waals surface area contributed by atoms with Crippen molar-refractivity contribution in [1.29, 1.82) is 0 Å². The number of benzene rings is 2. The number of rotatable bonds is 9. The Labute approximate surface area is 208 Å². The van der Waals surface area contributed by atoms with Crippen molar-refractivity contribution in [2.24, 2.45) is 0 Å². The first-order valence-electron chi connectivity index (χ1n) is 10.6. The molecule has 0 bridgehead atoms. The lowest BCUT2D eigenvalue weighted by atomic mass is 10.00. The van der Waals surface area contributed by atoms with Gasteiger partial charge in [-0.15, -0.1) is 13.2 Å². The molecule has 7 nitrogen and oxygen atoms in total. The molecule has 36 heavy (non-hydrogen) atoms. The first-order valence-corrected chi connectivity index (χ1v) is 11.0. The summed E-state index contributed by atoms with van der Waals surface area (Å²) in [4.78, 5) is 37.1. The molecule has 1 unspecified atom stereocenters. The quantitative estimate of drug-likeness (QED) is 0.396. The van der Waals surface area contributed by atoms with E-state index >= 15 is 0 Å². The Hall–Kier alpha value is -3.79. The summed E-state index contributed by atoms with van der Waals surface area (Å²) in [6, 6.07) is 9.41. The molecule has 1 N–H and O–H groups in total. The highest BCUT2D eigenvalue weighted by molar-refractivity contribution is 6.31. The topological polar surface area (TPSA) is 94.8 Å². The Morgan fingerprint density at radius 3 is 2.25 bits per heavy atom. The maximum atomic E-state index is 13.0. The summed E-state index contributed by atoms with van der Waals surface area (Å²) < 4.78 is 49.4. The maximum Gasteiger partial charge on any atom is 0.573 e. The zero-order valence-corrected chi connectivity index (χ0v) is 19.9. The standard InChI is InChI=1S/C25H21ClF3NO6/c1-3-19(20(31)10-14-4-6-15(7-5-14)24(33)34)30-13-22(35-2)18(12-23(30)32)17-11-16(26)8-9-21(17)36-25(27,28)29/h4-9,11-13,19H,3,10H2,1-2H3,(H,33,34). The third-order valence-corrected chi connectivity index (χ3v) is 5.63. The van der Waals surface area contributed by atoms with E-state index in [0.29, 0.717) is 5.56 Å². The highest BCUT2D eigenvalue weighted by Crippen LogP contribution is 2.39. The second kappa shape index (κ2) is 10.9. The highest BCUT2D eigenvalue weighted by Gasteiger charge is 2.33. The van der Waals surface area contributed by atoms with E-state index in [9.17, 15) is 27.6 Å². The molecule has 3 rings (SSSR count). The van der Waals surface area contributed by atoms with Crippen LogP contribution in [0.4, 0.5) is 13.2 Å². The van der Waals surface area contributed by atoms with Crippen LogP contribution in [0.25, 0.3) is 11.1 Å². The molecule has 2 aromatic carbocycles. The molecule has 0 amide bonds. The molecule has 0 radical (unpaired) electrons. The molecule has 0 fully saturated rings. The number of alkyl halides is 3. The number of Topliss-reactive ketones (excluding diaryl/α,β-unsaturated/α-hetero) is 1. The lowest BCUT2D eigenvalue weighted by Gasteiger charge is -2.20. The lowest BCUT2D eigenvalue weighted by molar-refractivity contribution is -0.274. The highest BCUT2D eigenvalue weighted by atomic mass is 35.5. The van der Waals surface area contributed by atoms with Gasteiger partial charge in [0.15, 0.2) is 5.78 Å². The molecule has 3 aromatic rings. The molecule has 190 valence electrons. The predicted molar refractivity (Wildman–Crippen MR) is 126 cm³/mol. The zero-order chi connectivity index (χ0) is 26.6. The van der Waals surface area contributed by atoms with Gasteiger partial charge >= 0.3 is 12.3 Å². The summed E-state index contributed by atoms with van der Waals surface area (Å²) >= 11 is 5.98. The van der Waals surface area contributed by atoms with E-state index in [2.05, 4.69) is 4.74 Å². The lowest BCUT2D eigenvalue weighted by Crippen LogP contribution is -2.30. The summed E-state index contributed by atoms with van der Waals surface area (Å²) in [6.07, 6.45) is -3.54. The first kappa shape index (κ1) is 26.8. The Balaban J connectivity index is 2.00. The average Bonchev–Trinajstić information content (AvgIpc) is 2.81. The fourth-order valence-electron chi connectivity index (χ4n) is 3.74. The largest absolute Gasteiger partial charge is 0.573 e. The fourth-order valence-corrected chi connectivity index (χ4v) is 3.91. The van der Waals surface area contributed by atoms with Crippen molar-refractivity contribution in [1.82, 2.24) is 4.57 Å². The van der Waals surface area contributed by atoms with Gasteiger partial charge in [-0.1, -0.05) is 30.7 Å². The number of aromatic carboxylic acids is 1. The molecule has 0 aliphatic carbocycles. The Kier molecular flexibility index (Phi) is 8.09. The molecular weight excluding hydrogens is 503 g/mol. The van der Waals surface area contributed by atoms with Gasteiger partial charge in [-0.2, -0.15) is 0 Å². The fraction of sp³-hybridized carbons (Fsp3) is 0.240. The number of halogens is 4. The number of carbonyl (C=O) groups is 2. The van der Waals surface area contributed by atoms with Crippen LogP contribution >= 0.6 is 11.6 Å². The molecule has 1 heterocycles. The summed E-state index contributed by atoms with van der Waals surface area (Å²) in [6.45, 7) is 1.70. The normalized spacial score (nSPS) is 12.2. The Bertz CT molecular complexity index is 1340. The summed E-state index contributed by atoms with van der Waals surface area (Å²) in [5.41, 5.74) is -0.117.